The first-order valence-electron chi connectivity index (χ1n) is 4.99. The zero-order valence-corrected chi connectivity index (χ0v) is 8.51. The van der Waals surface area contributed by atoms with Crippen LogP contribution < -0.4 is 0 Å². The maximum absolute atomic E-state index is 8.85. The molecule has 72 valence electrons. The summed E-state index contributed by atoms with van der Waals surface area (Å²) in [5.41, 5.74) is 0.481. The zero-order chi connectivity index (χ0) is 9.19. The minimum absolute atomic E-state index is 0.296. The number of aliphatic hydroxyl groups is 1. The minimum atomic E-state index is 0.296. The Bertz CT molecular complexity index is 149. The Hall–Kier alpha value is -0.0800. The van der Waals surface area contributed by atoms with Crippen molar-refractivity contribution in [3.63, 3.8) is 0 Å². The van der Waals surface area contributed by atoms with Crippen molar-refractivity contribution < 1.29 is 5.11 Å². The van der Waals surface area contributed by atoms with Gasteiger partial charge in [0.2, 0.25) is 0 Å². The molecule has 1 heterocycles. The largest absolute Gasteiger partial charge is 0.395 e. The number of rotatable bonds is 3. The van der Waals surface area contributed by atoms with Crippen LogP contribution in [-0.4, -0.2) is 35.7 Å². The van der Waals surface area contributed by atoms with E-state index in [9.17, 15) is 0 Å². The number of hydrogen-bond donors (Lipinski definition) is 1. The molecule has 0 amide bonds. The molecule has 0 aromatic rings. The van der Waals surface area contributed by atoms with Gasteiger partial charge in [-0.3, -0.25) is 4.90 Å². The van der Waals surface area contributed by atoms with Gasteiger partial charge in [-0.2, -0.15) is 0 Å². The lowest BCUT2D eigenvalue weighted by Crippen LogP contribution is -2.36. The molecule has 0 radical (unpaired) electrons. The molecule has 1 unspecified atom stereocenters. The van der Waals surface area contributed by atoms with Gasteiger partial charge in [0, 0.05) is 12.6 Å². The van der Waals surface area contributed by atoms with Crippen LogP contribution in [0.1, 0.15) is 33.6 Å². The van der Waals surface area contributed by atoms with Crippen molar-refractivity contribution in [3.05, 3.63) is 0 Å². The van der Waals surface area contributed by atoms with Crippen molar-refractivity contribution in [2.24, 2.45) is 5.41 Å². The molecule has 1 aliphatic heterocycles. The lowest BCUT2D eigenvalue weighted by molar-refractivity contribution is 0.147. The van der Waals surface area contributed by atoms with E-state index < -0.39 is 0 Å². The SMILES string of the molecule is CCC1(C)CCN(CCO)[C@@H]1C. The molecule has 1 rings (SSSR count). The summed E-state index contributed by atoms with van der Waals surface area (Å²) in [6.07, 6.45) is 2.53. The molecule has 0 bridgehead atoms. The van der Waals surface area contributed by atoms with Gasteiger partial charge in [0.25, 0.3) is 0 Å². The van der Waals surface area contributed by atoms with Crippen LogP contribution in [0.3, 0.4) is 0 Å². The third kappa shape index (κ3) is 1.64. The molecule has 0 spiro atoms. The van der Waals surface area contributed by atoms with E-state index in [0.29, 0.717) is 18.1 Å². The maximum atomic E-state index is 8.85. The lowest BCUT2D eigenvalue weighted by Gasteiger charge is -2.31. The summed E-state index contributed by atoms with van der Waals surface area (Å²) in [5, 5.41) is 8.85. The van der Waals surface area contributed by atoms with Gasteiger partial charge in [-0.05, 0) is 31.7 Å². The fraction of sp³-hybridized carbons (Fsp3) is 1.00. The van der Waals surface area contributed by atoms with Gasteiger partial charge in [0.15, 0.2) is 0 Å². The molecular formula is C10H21NO. The lowest BCUT2D eigenvalue weighted by atomic mass is 9.81. The van der Waals surface area contributed by atoms with Crippen LogP contribution in [0.15, 0.2) is 0 Å². The number of likely N-dealkylation sites (tertiary alicyclic amines) is 1. The van der Waals surface area contributed by atoms with E-state index in [-0.39, 0.29) is 0 Å². The molecule has 0 aromatic carbocycles. The average molecular weight is 171 g/mol. The van der Waals surface area contributed by atoms with Crippen LogP contribution in [0.2, 0.25) is 0 Å². The first kappa shape index (κ1) is 10.0. The monoisotopic (exact) mass is 171 g/mol. The number of nitrogens with zero attached hydrogens (tertiary/aromatic N) is 1. The summed E-state index contributed by atoms with van der Waals surface area (Å²) in [6, 6.07) is 0.634. The molecular weight excluding hydrogens is 150 g/mol. The van der Waals surface area contributed by atoms with Gasteiger partial charge in [-0.1, -0.05) is 13.8 Å². The number of β-amino-alcohol motifs (C(OH)–C–C–N with tert-alkyl or cyclic N) is 1. The second kappa shape index (κ2) is 3.75. The van der Waals surface area contributed by atoms with Crippen molar-refractivity contribution in [3.8, 4) is 0 Å². The van der Waals surface area contributed by atoms with E-state index in [2.05, 4.69) is 25.7 Å². The van der Waals surface area contributed by atoms with Gasteiger partial charge >= 0.3 is 0 Å². The van der Waals surface area contributed by atoms with Crippen molar-refractivity contribution in [1.82, 2.24) is 4.90 Å². The maximum Gasteiger partial charge on any atom is 0.0558 e. The van der Waals surface area contributed by atoms with E-state index in [1.807, 2.05) is 0 Å². The smallest absolute Gasteiger partial charge is 0.0558 e. The van der Waals surface area contributed by atoms with Crippen molar-refractivity contribution in [2.45, 2.75) is 39.7 Å². The molecule has 1 saturated heterocycles. The van der Waals surface area contributed by atoms with E-state index >= 15 is 0 Å². The second-order valence-electron chi connectivity index (χ2n) is 4.19. The molecule has 12 heavy (non-hydrogen) atoms. The Morgan fingerprint density at radius 1 is 1.58 bits per heavy atom. The predicted octanol–water partition coefficient (Wildman–Crippen LogP) is 1.49. The Morgan fingerprint density at radius 3 is 2.67 bits per heavy atom. The normalized spacial score (nSPS) is 37.5. The number of aliphatic hydroxyl groups excluding tert-OH is 1. The summed E-state index contributed by atoms with van der Waals surface area (Å²) < 4.78 is 0. The zero-order valence-electron chi connectivity index (χ0n) is 8.51. The standard InChI is InChI=1S/C10H21NO/c1-4-10(3)5-6-11(7-8-12)9(10)2/h9,12H,4-8H2,1-3H3/t9-,10?/m1/s1. The van der Waals surface area contributed by atoms with Crippen molar-refractivity contribution >= 4 is 0 Å². The van der Waals surface area contributed by atoms with Gasteiger partial charge < -0.3 is 5.11 Å². The minimum Gasteiger partial charge on any atom is -0.395 e. The topological polar surface area (TPSA) is 23.5 Å². The highest BCUT2D eigenvalue weighted by Gasteiger charge is 2.38. The van der Waals surface area contributed by atoms with Crippen molar-refractivity contribution in [1.29, 1.82) is 0 Å². The van der Waals surface area contributed by atoms with Crippen LogP contribution in [0, 0.1) is 5.41 Å². The first-order chi connectivity index (χ1) is 5.64. The molecule has 1 fully saturated rings. The van der Waals surface area contributed by atoms with Gasteiger partial charge in [0.05, 0.1) is 6.61 Å². The molecule has 1 aliphatic rings. The van der Waals surface area contributed by atoms with E-state index in [4.69, 9.17) is 5.11 Å². The molecule has 0 aromatic heterocycles. The Labute approximate surface area is 75.6 Å². The fourth-order valence-corrected chi connectivity index (χ4v) is 2.15. The average Bonchev–Trinajstić information content (AvgIpc) is 2.35. The van der Waals surface area contributed by atoms with Crippen LogP contribution in [0.4, 0.5) is 0 Å². The van der Waals surface area contributed by atoms with Crippen LogP contribution >= 0.6 is 0 Å². The molecule has 2 atom stereocenters. The molecule has 2 heteroatoms. The highest BCUT2D eigenvalue weighted by molar-refractivity contribution is 4.92. The van der Waals surface area contributed by atoms with Crippen LogP contribution in [-0.2, 0) is 0 Å². The van der Waals surface area contributed by atoms with Gasteiger partial charge in [0.1, 0.15) is 0 Å². The van der Waals surface area contributed by atoms with Crippen LogP contribution in [0.5, 0.6) is 0 Å². The predicted molar refractivity (Wildman–Crippen MR) is 51.1 cm³/mol. The summed E-state index contributed by atoms with van der Waals surface area (Å²) in [7, 11) is 0. The summed E-state index contributed by atoms with van der Waals surface area (Å²) >= 11 is 0. The Kier molecular flexibility index (Phi) is 3.13. The molecule has 1 N–H and O–H groups in total. The van der Waals surface area contributed by atoms with E-state index in [0.717, 1.165) is 13.1 Å². The Morgan fingerprint density at radius 2 is 2.25 bits per heavy atom. The molecule has 2 nitrogen and oxygen atoms in total. The fourth-order valence-electron chi connectivity index (χ4n) is 2.15. The van der Waals surface area contributed by atoms with Crippen LogP contribution in [0.25, 0.3) is 0 Å². The summed E-state index contributed by atoms with van der Waals surface area (Å²) in [6.45, 7) is 9.20. The second-order valence-corrected chi connectivity index (χ2v) is 4.19. The molecule has 0 saturated carbocycles. The summed E-state index contributed by atoms with van der Waals surface area (Å²) in [5.74, 6) is 0. The highest BCUT2D eigenvalue weighted by atomic mass is 16.3. The Balaban J connectivity index is 2.54. The third-order valence-electron chi connectivity index (χ3n) is 3.72. The third-order valence-corrected chi connectivity index (χ3v) is 3.72. The van der Waals surface area contributed by atoms with Gasteiger partial charge in [-0.25, -0.2) is 0 Å². The number of hydrogen-bond acceptors (Lipinski definition) is 2. The van der Waals surface area contributed by atoms with Crippen molar-refractivity contribution in [2.75, 3.05) is 19.7 Å². The summed E-state index contributed by atoms with van der Waals surface area (Å²) in [4.78, 5) is 2.39. The highest BCUT2D eigenvalue weighted by Crippen LogP contribution is 2.38. The van der Waals surface area contributed by atoms with E-state index in [1.165, 1.54) is 12.8 Å². The quantitative estimate of drug-likeness (QED) is 0.695. The van der Waals surface area contributed by atoms with E-state index in [1.54, 1.807) is 0 Å². The molecule has 0 aliphatic carbocycles. The van der Waals surface area contributed by atoms with Gasteiger partial charge in [-0.15, -0.1) is 0 Å². The first-order valence-corrected chi connectivity index (χ1v) is 4.99.